The van der Waals surface area contributed by atoms with Crippen molar-refractivity contribution in [3.63, 3.8) is 0 Å². The van der Waals surface area contributed by atoms with E-state index in [1.807, 2.05) is 0 Å². The molecule has 0 radical (unpaired) electrons. The van der Waals surface area contributed by atoms with Gasteiger partial charge in [-0.05, 0) is 23.3 Å². The predicted octanol–water partition coefficient (Wildman–Crippen LogP) is 4.10. The van der Waals surface area contributed by atoms with Crippen molar-refractivity contribution in [3.05, 3.63) is 88.1 Å². The van der Waals surface area contributed by atoms with E-state index in [1.165, 1.54) is 44.3 Å². The van der Waals surface area contributed by atoms with Gasteiger partial charge in [0.25, 0.3) is 0 Å². The van der Waals surface area contributed by atoms with Crippen LogP contribution >= 0.6 is 11.6 Å². The number of carbonyl (C=O) groups excluding carboxylic acids is 1. The van der Waals surface area contributed by atoms with Gasteiger partial charge in [0, 0.05) is 26.1 Å². The summed E-state index contributed by atoms with van der Waals surface area (Å²) in [6.45, 7) is 0. The summed E-state index contributed by atoms with van der Waals surface area (Å²) < 4.78 is 52.2. The summed E-state index contributed by atoms with van der Waals surface area (Å²) in [5, 5.41) is 24.4. The van der Waals surface area contributed by atoms with E-state index in [2.05, 4.69) is 4.98 Å². The lowest BCUT2D eigenvalue weighted by Crippen LogP contribution is -2.52. The van der Waals surface area contributed by atoms with Crippen LogP contribution in [0.4, 0.5) is 13.2 Å². The quantitative estimate of drug-likeness (QED) is 0.477. The molecule has 11 heteroatoms. The molecule has 200 valence electrons. The SMILES string of the molecule is COc1nc(Cl)cc2c1[C@]1(O)[C@H](O)[C@H](C(=O)N(C)C)[C@@H](c3ccccc3)[C@]1(c1ccc(C(F)(F)F)cc1)O2. The molecule has 1 fully saturated rings. The highest BCUT2D eigenvalue weighted by Gasteiger charge is 2.78. The van der Waals surface area contributed by atoms with Crippen molar-refractivity contribution in [1.82, 2.24) is 9.88 Å². The van der Waals surface area contributed by atoms with Crippen LogP contribution in [0.25, 0.3) is 0 Å². The number of nitrogens with zero attached hydrogens (tertiary/aromatic N) is 2. The first-order valence-electron chi connectivity index (χ1n) is 11.7. The number of fused-ring (bicyclic) bond motifs is 3. The van der Waals surface area contributed by atoms with Gasteiger partial charge in [0.1, 0.15) is 17.0 Å². The highest BCUT2D eigenvalue weighted by Crippen LogP contribution is 2.70. The van der Waals surface area contributed by atoms with Crippen LogP contribution in [0.5, 0.6) is 11.6 Å². The Kier molecular flexibility index (Phi) is 6.13. The second-order valence-corrected chi connectivity index (χ2v) is 9.99. The molecule has 2 heterocycles. The van der Waals surface area contributed by atoms with Gasteiger partial charge in [-0.1, -0.05) is 54.1 Å². The van der Waals surface area contributed by atoms with Gasteiger partial charge in [-0.3, -0.25) is 4.79 Å². The number of amides is 1. The zero-order chi connectivity index (χ0) is 27.6. The Morgan fingerprint density at radius 3 is 2.32 bits per heavy atom. The van der Waals surface area contributed by atoms with Crippen LogP contribution < -0.4 is 9.47 Å². The molecule has 0 saturated heterocycles. The Morgan fingerprint density at radius 2 is 1.76 bits per heavy atom. The van der Waals surface area contributed by atoms with Crippen molar-refractivity contribution in [2.45, 2.75) is 29.4 Å². The van der Waals surface area contributed by atoms with Crippen molar-refractivity contribution in [2.24, 2.45) is 5.92 Å². The normalized spacial score (nSPS) is 27.9. The number of hydrogen-bond acceptors (Lipinski definition) is 6. The molecule has 1 amide bonds. The fourth-order valence-electron chi connectivity index (χ4n) is 5.89. The molecule has 1 aromatic heterocycles. The maximum absolute atomic E-state index is 13.6. The van der Waals surface area contributed by atoms with Gasteiger partial charge >= 0.3 is 6.18 Å². The molecule has 5 atom stereocenters. The Balaban J connectivity index is 1.88. The number of methoxy groups -OCH3 is 1. The van der Waals surface area contributed by atoms with E-state index in [4.69, 9.17) is 21.1 Å². The van der Waals surface area contributed by atoms with E-state index in [1.54, 1.807) is 30.3 Å². The number of halogens is 4. The highest BCUT2D eigenvalue weighted by molar-refractivity contribution is 6.29. The van der Waals surface area contributed by atoms with Gasteiger partial charge < -0.3 is 24.6 Å². The summed E-state index contributed by atoms with van der Waals surface area (Å²) in [6, 6.07) is 14.1. The fourth-order valence-corrected chi connectivity index (χ4v) is 6.07. The maximum atomic E-state index is 13.6. The number of aromatic nitrogens is 1. The molecule has 1 aliphatic carbocycles. The maximum Gasteiger partial charge on any atom is 0.416 e. The van der Waals surface area contributed by atoms with Gasteiger partial charge in [0.05, 0.1) is 24.2 Å². The van der Waals surface area contributed by atoms with Crippen LogP contribution in [-0.2, 0) is 22.2 Å². The van der Waals surface area contributed by atoms with Crippen LogP contribution in [0.1, 0.15) is 28.2 Å². The van der Waals surface area contributed by atoms with Crippen molar-refractivity contribution >= 4 is 17.5 Å². The number of ether oxygens (including phenoxy) is 2. The van der Waals surface area contributed by atoms with E-state index in [9.17, 15) is 28.2 Å². The Morgan fingerprint density at radius 1 is 1.13 bits per heavy atom. The zero-order valence-corrected chi connectivity index (χ0v) is 21.3. The van der Waals surface area contributed by atoms with E-state index in [0.29, 0.717) is 5.56 Å². The number of carbonyl (C=O) groups is 1. The number of alkyl halides is 3. The molecule has 0 unspecified atom stereocenters. The molecule has 0 spiro atoms. The molecule has 3 aromatic rings. The summed E-state index contributed by atoms with van der Waals surface area (Å²) in [6.07, 6.45) is -6.38. The first kappa shape index (κ1) is 26.3. The number of hydrogen-bond donors (Lipinski definition) is 2. The van der Waals surface area contributed by atoms with E-state index in [0.717, 1.165) is 12.1 Å². The molecule has 0 bridgehead atoms. The van der Waals surface area contributed by atoms with E-state index >= 15 is 0 Å². The monoisotopic (exact) mass is 548 g/mol. The van der Waals surface area contributed by atoms with E-state index in [-0.39, 0.29) is 27.9 Å². The van der Waals surface area contributed by atoms with Crippen molar-refractivity contribution in [3.8, 4) is 11.6 Å². The number of aliphatic hydroxyl groups is 2. The second kappa shape index (κ2) is 8.86. The lowest BCUT2D eigenvalue weighted by Gasteiger charge is -2.40. The average Bonchev–Trinajstić information content (AvgIpc) is 3.25. The molecular weight excluding hydrogens is 525 g/mol. The number of benzene rings is 2. The Labute approximate surface area is 221 Å². The molecule has 38 heavy (non-hydrogen) atoms. The van der Waals surface area contributed by atoms with Gasteiger partial charge in [-0.15, -0.1) is 0 Å². The lowest BCUT2D eigenvalue weighted by atomic mass is 9.70. The largest absolute Gasteiger partial charge is 0.481 e. The van der Waals surface area contributed by atoms with Crippen LogP contribution in [0.15, 0.2) is 60.7 Å². The first-order chi connectivity index (χ1) is 17.9. The topological polar surface area (TPSA) is 92.1 Å². The highest BCUT2D eigenvalue weighted by atomic mass is 35.5. The van der Waals surface area contributed by atoms with Crippen LogP contribution in [-0.4, -0.2) is 53.3 Å². The minimum absolute atomic E-state index is 0.0278. The van der Waals surface area contributed by atoms with Crippen LogP contribution in [0.3, 0.4) is 0 Å². The molecular formula is C27H24ClF3N2O5. The molecule has 5 rings (SSSR count). The summed E-state index contributed by atoms with van der Waals surface area (Å²) in [4.78, 5) is 19.0. The van der Waals surface area contributed by atoms with Crippen molar-refractivity contribution in [1.29, 1.82) is 0 Å². The summed E-state index contributed by atoms with van der Waals surface area (Å²) in [5.41, 5.74) is -4.66. The third-order valence-electron chi connectivity index (χ3n) is 7.42. The van der Waals surface area contributed by atoms with E-state index < -0.39 is 46.8 Å². The zero-order valence-electron chi connectivity index (χ0n) is 20.5. The Bertz CT molecular complexity index is 1390. The minimum Gasteiger partial charge on any atom is -0.481 e. The molecule has 7 nitrogen and oxygen atoms in total. The van der Waals surface area contributed by atoms with Crippen molar-refractivity contribution < 1.29 is 37.7 Å². The van der Waals surface area contributed by atoms with Gasteiger partial charge in [0.2, 0.25) is 11.8 Å². The number of rotatable bonds is 4. The third kappa shape index (κ3) is 3.50. The van der Waals surface area contributed by atoms with Gasteiger partial charge in [-0.2, -0.15) is 13.2 Å². The van der Waals surface area contributed by atoms with Crippen LogP contribution in [0, 0.1) is 5.92 Å². The first-order valence-corrected chi connectivity index (χ1v) is 12.0. The molecule has 1 aliphatic heterocycles. The predicted molar refractivity (Wildman–Crippen MR) is 131 cm³/mol. The van der Waals surface area contributed by atoms with Crippen LogP contribution in [0.2, 0.25) is 5.15 Å². The Hall–Kier alpha value is -3.34. The third-order valence-corrected chi connectivity index (χ3v) is 7.62. The van der Waals surface area contributed by atoms with Gasteiger partial charge in [0.15, 0.2) is 11.2 Å². The minimum atomic E-state index is -4.61. The summed E-state index contributed by atoms with van der Waals surface area (Å²) >= 11 is 6.18. The van der Waals surface area contributed by atoms with Gasteiger partial charge in [-0.25, -0.2) is 4.98 Å². The standard InChI is InChI=1S/C27H24ClF3N2O5/c1-33(2)24(35)19-20(14-7-5-4-6-8-14)26(15-9-11-16(12-10-15)27(29,30)31)25(36,22(19)34)21-17(38-26)13-18(28)32-23(21)37-3/h4-13,19-20,22,34,36H,1-3H3/t19-,20-,22-,25+,26+/m1/s1. The smallest absolute Gasteiger partial charge is 0.416 e. The fraction of sp³-hybridized carbons (Fsp3) is 0.333. The summed E-state index contributed by atoms with van der Waals surface area (Å²) in [5.74, 6) is -2.93. The molecule has 2 aromatic carbocycles. The summed E-state index contributed by atoms with van der Waals surface area (Å²) in [7, 11) is 4.31. The number of aliphatic hydroxyl groups excluding tert-OH is 1. The molecule has 2 aliphatic rings. The average molecular weight is 549 g/mol. The lowest BCUT2D eigenvalue weighted by molar-refractivity contribution is -0.156. The van der Waals surface area contributed by atoms with Crippen molar-refractivity contribution in [2.75, 3.05) is 21.2 Å². The second-order valence-electron chi connectivity index (χ2n) is 9.60. The molecule has 1 saturated carbocycles. The number of pyridine rings is 1. The molecule has 2 N–H and O–H groups in total.